The smallest absolute Gasteiger partial charge is 0.337 e. The van der Waals surface area contributed by atoms with Crippen LogP contribution in [0.15, 0.2) is 77.9 Å². The van der Waals surface area contributed by atoms with Crippen LogP contribution in [0, 0.1) is 13.8 Å². The third-order valence-electron chi connectivity index (χ3n) is 5.62. The molecule has 1 amide bonds. The molecule has 0 saturated carbocycles. The second kappa shape index (κ2) is 9.53. The number of carbonyl (C=O) groups excluding carboxylic acids is 2. The van der Waals surface area contributed by atoms with Crippen molar-refractivity contribution in [1.29, 1.82) is 0 Å². The first-order valence-electron chi connectivity index (χ1n) is 10.6. The molecule has 1 aromatic heterocycles. The van der Waals surface area contributed by atoms with E-state index >= 15 is 0 Å². The van der Waals surface area contributed by atoms with Crippen molar-refractivity contribution in [3.63, 3.8) is 0 Å². The molecule has 0 saturated heterocycles. The van der Waals surface area contributed by atoms with Crippen LogP contribution in [0.5, 0.6) is 0 Å². The predicted molar refractivity (Wildman–Crippen MR) is 130 cm³/mol. The zero-order chi connectivity index (χ0) is 23.4. The molecule has 0 spiro atoms. The average molecular weight is 440 g/mol. The second-order valence-corrected chi connectivity index (χ2v) is 7.81. The predicted octanol–water partition coefficient (Wildman–Crippen LogP) is 4.73. The normalized spacial score (nSPS) is 11.1. The zero-order valence-corrected chi connectivity index (χ0v) is 18.8. The zero-order valence-electron chi connectivity index (χ0n) is 18.8. The number of aromatic nitrogens is 1. The summed E-state index contributed by atoms with van der Waals surface area (Å²) in [6.07, 6.45) is 1.89. The molecule has 0 aliphatic rings. The van der Waals surface area contributed by atoms with Gasteiger partial charge in [0.2, 0.25) is 5.91 Å². The second-order valence-electron chi connectivity index (χ2n) is 7.81. The third-order valence-corrected chi connectivity index (χ3v) is 5.62. The van der Waals surface area contributed by atoms with Crippen LogP contribution < -0.4 is 5.43 Å². The Bertz CT molecular complexity index is 1360. The Labute approximate surface area is 192 Å². The number of esters is 1. The van der Waals surface area contributed by atoms with Crippen LogP contribution in [-0.4, -0.2) is 29.8 Å². The van der Waals surface area contributed by atoms with Crippen molar-refractivity contribution in [2.45, 2.75) is 20.3 Å². The minimum absolute atomic E-state index is 0.179. The molecule has 0 aliphatic carbocycles. The molecule has 0 bridgehead atoms. The number of rotatable bonds is 6. The number of nitrogens with one attached hydrogen (secondary N) is 1. The molecule has 0 atom stereocenters. The molecule has 6 nitrogen and oxygen atoms in total. The largest absolute Gasteiger partial charge is 0.465 e. The summed E-state index contributed by atoms with van der Waals surface area (Å²) < 4.78 is 6.86. The molecule has 3 aromatic carbocycles. The van der Waals surface area contributed by atoms with Crippen molar-refractivity contribution in [1.82, 2.24) is 9.99 Å². The molecule has 4 rings (SSSR count). The van der Waals surface area contributed by atoms with Crippen molar-refractivity contribution < 1.29 is 14.3 Å². The Morgan fingerprint density at radius 2 is 1.76 bits per heavy atom. The molecule has 166 valence electrons. The highest BCUT2D eigenvalue weighted by atomic mass is 16.5. The Morgan fingerprint density at radius 3 is 2.58 bits per heavy atom. The first-order valence-corrected chi connectivity index (χ1v) is 10.6. The van der Waals surface area contributed by atoms with Gasteiger partial charge in [-0.2, -0.15) is 5.10 Å². The number of nitrogens with zero attached hydrogens (tertiary/aromatic N) is 2. The van der Waals surface area contributed by atoms with Gasteiger partial charge in [-0.3, -0.25) is 4.79 Å². The number of carbonyl (C=O) groups is 2. The maximum Gasteiger partial charge on any atom is 0.337 e. The van der Waals surface area contributed by atoms with Gasteiger partial charge in [0.15, 0.2) is 0 Å². The lowest BCUT2D eigenvalue weighted by atomic mass is 10.0. The number of amides is 1. The Morgan fingerprint density at radius 1 is 1.00 bits per heavy atom. The number of hydrogen-bond donors (Lipinski definition) is 1. The lowest BCUT2D eigenvalue weighted by Gasteiger charge is -2.11. The summed E-state index contributed by atoms with van der Waals surface area (Å²) in [5.41, 5.74) is 7.74. The molecule has 0 unspecified atom stereocenters. The van der Waals surface area contributed by atoms with Gasteiger partial charge in [-0.15, -0.1) is 0 Å². The molecular weight excluding hydrogens is 414 g/mol. The van der Waals surface area contributed by atoms with Gasteiger partial charge in [0.25, 0.3) is 0 Å². The SMILES string of the molecule is COC(=O)c1cccc(-n2c(C)cc(/C=N\NC(=O)Cc3cccc4ccccc34)c2C)c1. The summed E-state index contributed by atoms with van der Waals surface area (Å²) >= 11 is 0. The van der Waals surface area contributed by atoms with Crippen LogP contribution >= 0.6 is 0 Å². The third kappa shape index (κ3) is 4.70. The van der Waals surface area contributed by atoms with Gasteiger partial charge in [0.05, 0.1) is 25.3 Å². The summed E-state index contributed by atoms with van der Waals surface area (Å²) in [4.78, 5) is 24.4. The van der Waals surface area contributed by atoms with Gasteiger partial charge >= 0.3 is 5.97 Å². The lowest BCUT2D eigenvalue weighted by Crippen LogP contribution is -2.19. The number of fused-ring (bicyclic) bond motifs is 1. The van der Waals surface area contributed by atoms with E-state index < -0.39 is 0 Å². The number of hydrazone groups is 1. The van der Waals surface area contributed by atoms with E-state index in [-0.39, 0.29) is 18.3 Å². The number of ether oxygens (including phenoxy) is 1. The Balaban J connectivity index is 1.49. The quantitative estimate of drug-likeness (QED) is 0.268. The molecule has 0 radical (unpaired) electrons. The highest BCUT2D eigenvalue weighted by Gasteiger charge is 2.12. The van der Waals surface area contributed by atoms with Crippen LogP contribution in [-0.2, 0) is 16.0 Å². The van der Waals surface area contributed by atoms with Gasteiger partial charge in [0.1, 0.15) is 0 Å². The van der Waals surface area contributed by atoms with Gasteiger partial charge in [-0.25, -0.2) is 10.2 Å². The van der Waals surface area contributed by atoms with Crippen LogP contribution in [0.1, 0.15) is 32.9 Å². The van der Waals surface area contributed by atoms with Gasteiger partial charge in [-0.05, 0) is 54.4 Å². The fraction of sp³-hybridized carbons (Fsp3) is 0.148. The Kier molecular flexibility index (Phi) is 6.36. The fourth-order valence-electron chi connectivity index (χ4n) is 4.04. The van der Waals surface area contributed by atoms with Crippen molar-refractivity contribution in [3.8, 4) is 5.69 Å². The number of benzene rings is 3. The van der Waals surface area contributed by atoms with Crippen molar-refractivity contribution in [2.24, 2.45) is 5.10 Å². The van der Waals surface area contributed by atoms with Gasteiger partial charge in [0, 0.05) is 22.6 Å². The van der Waals surface area contributed by atoms with E-state index in [0.29, 0.717) is 5.56 Å². The highest BCUT2D eigenvalue weighted by Crippen LogP contribution is 2.21. The molecule has 0 aliphatic heterocycles. The Hall–Kier alpha value is -4.19. The van der Waals surface area contributed by atoms with Gasteiger partial charge < -0.3 is 9.30 Å². The molecule has 1 N–H and O–H groups in total. The van der Waals surface area contributed by atoms with Crippen LogP contribution in [0.25, 0.3) is 16.5 Å². The van der Waals surface area contributed by atoms with E-state index in [1.165, 1.54) is 7.11 Å². The van der Waals surface area contributed by atoms with E-state index in [0.717, 1.165) is 39.0 Å². The van der Waals surface area contributed by atoms with E-state index in [2.05, 4.69) is 10.5 Å². The maximum absolute atomic E-state index is 12.5. The highest BCUT2D eigenvalue weighted by molar-refractivity contribution is 5.91. The van der Waals surface area contributed by atoms with Crippen LogP contribution in [0.3, 0.4) is 0 Å². The van der Waals surface area contributed by atoms with Crippen LogP contribution in [0.2, 0.25) is 0 Å². The van der Waals surface area contributed by atoms with E-state index in [1.54, 1.807) is 18.3 Å². The van der Waals surface area contributed by atoms with E-state index in [4.69, 9.17) is 4.74 Å². The molecule has 33 heavy (non-hydrogen) atoms. The number of hydrogen-bond acceptors (Lipinski definition) is 4. The van der Waals surface area contributed by atoms with Crippen molar-refractivity contribution >= 4 is 28.9 Å². The van der Waals surface area contributed by atoms with E-state index in [1.807, 2.05) is 79.1 Å². The summed E-state index contributed by atoms with van der Waals surface area (Å²) in [6, 6.07) is 23.2. The first-order chi connectivity index (χ1) is 16.0. The molecule has 4 aromatic rings. The van der Waals surface area contributed by atoms with Crippen molar-refractivity contribution in [2.75, 3.05) is 7.11 Å². The summed E-state index contributed by atoms with van der Waals surface area (Å²) in [7, 11) is 1.37. The standard InChI is InChI=1S/C27H25N3O3/c1-18-14-23(19(2)30(18)24-12-7-11-22(15-24)27(32)33-3)17-28-29-26(31)16-21-10-6-9-20-8-4-5-13-25(20)21/h4-15,17H,16H2,1-3H3,(H,29,31)/b28-17-. The summed E-state index contributed by atoms with van der Waals surface area (Å²) in [5.74, 6) is -0.558. The molecular formula is C27H25N3O3. The maximum atomic E-state index is 12.5. The fourth-order valence-corrected chi connectivity index (χ4v) is 4.04. The minimum atomic E-state index is -0.380. The minimum Gasteiger partial charge on any atom is -0.465 e. The number of methoxy groups -OCH3 is 1. The number of aryl methyl sites for hydroxylation is 1. The van der Waals surface area contributed by atoms with Gasteiger partial charge in [-0.1, -0.05) is 48.5 Å². The van der Waals surface area contributed by atoms with Crippen LogP contribution in [0.4, 0.5) is 0 Å². The lowest BCUT2D eigenvalue weighted by molar-refractivity contribution is -0.120. The average Bonchev–Trinajstić information content (AvgIpc) is 3.11. The first kappa shape index (κ1) is 22.0. The summed E-state index contributed by atoms with van der Waals surface area (Å²) in [5, 5.41) is 6.35. The molecule has 0 fully saturated rings. The van der Waals surface area contributed by atoms with E-state index in [9.17, 15) is 9.59 Å². The summed E-state index contributed by atoms with van der Waals surface area (Å²) in [6.45, 7) is 3.95. The molecule has 6 heteroatoms. The molecule has 1 heterocycles. The monoisotopic (exact) mass is 439 g/mol. The topological polar surface area (TPSA) is 72.7 Å². The van der Waals surface area contributed by atoms with Crippen molar-refractivity contribution in [3.05, 3.63) is 101 Å².